The van der Waals surface area contributed by atoms with Gasteiger partial charge in [0.1, 0.15) is 0 Å². The van der Waals surface area contributed by atoms with Crippen molar-refractivity contribution in [3.8, 4) is 11.5 Å². The maximum Gasteiger partial charge on any atom is 0.284 e. The van der Waals surface area contributed by atoms with Crippen molar-refractivity contribution in [2.24, 2.45) is 0 Å². The minimum absolute atomic E-state index is 0.0326. The highest BCUT2D eigenvalue weighted by molar-refractivity contribution is 7.80. The zero-order chi connectivity index (χ0) is 13.7. The Hall–Kier alpha value is -1.77. The monoisotopic (exact) mass is 296 g/mol. The number of nitrogens with one attached hydrogen (secondary N) is 3. The second-order valence-corrected chi connectivity index (χ2v) is 4.38. The summed E-state index contributed by atoms with van der Waals surface area (Å²) in [4.78, 5) is 0.242. The van der Waals surface area contributed by atoms with Crippen molar-refractivity contribution < 1.29 is 9.52 Å². The van der Waals surface area contributed by atoms with Gasteiger partial charge in [-0.15, -0.1) is 5.10 Å². The summed E-state index contributed by atoms with van der Waals surface area (Å²) in [5.41, 5.74) is 1.64. The lowest BCUT2D eigenvalue weighted by molar-refractivity contribution is 0.301. The van der Waals surface area contributed by atoms with Crippen LogP contribution in [0.25, 0.3) is 11.5 Å². The third-order valence-corrected chi connectivity index (χ3v) is 2.65. The summed E-state index contributed by atoms with van der Waals surface area (Å²) in [5.74, 6) is 0.442. The van der Waals surface area contributed by atoms with E-state index in [1.807, 2.05) is 24.3 Å². The maximum absolute atomic E-state index is 8.67. The Morgan fingerprint density at radius 3 is 2.68 bits per heavy atom. The number of thiocarbonyl (C=S) groups is 1. The van der Waals surface area contributed by atoms with Crippen LogP contribution in [0.15, 0.2) is 28.7 Å². The van der Waals surface area contributed by atoms with Crippen LogP contribution in [0.2, 0.25) is 0 Å². The van der Waals surface area contributed by atoms with Crippen LogP contribution < -0.4 is 10.6 Å². The predicted octanol–water partition coefficient (Wildman–Crippen LogP) is 1.68. The Kier molecular flexibility index (Phi) is 4.61. The molecular weight excluding hydrogens is 284 g/mol. The van der Waals surface area contributed by atoms with Crippen molar-refractivity contribution in [2.75, 3.05) is 18.5 Å². The van der Waals surface area contributed by atoms with Gasteiger partial charge in [0.15, 0.2) is 5.11 Å². The summed E-state index contributed by atoms with van der Waals surface area (Å²) in [7, 11) is 0. The van der Waals surface area contributed by atoms with Crippen molar-refractivity contribution in [1.29, 1.82) is 0 Å². The number of hydrogen-bond donors (Lipinski definition) is 4. The lowest BCUT2D eigenvalue weighted by atomic mass is 10.2. The van der Waals surface area contributed by atoms with Gasteiger partial charge >= 0.3 is 0 Å². The number of benzene rings is 1. The van der Waals surface area contributed by atoms with Crippen LogP contribution in [0.3, 0.4) is 0 Å². The van der Waals surface area contributed by atoms with E-state index in [0.29, 0.717) is 17.5 Å². The zero-order valence-corrected chi connectivity index (χ0v) is 11.5. The number of nitrogens with zero attached hydrogens (tertiary/aromatic N) is 1. The first-order chi connectivity index (χ1) is 9.19. The van der Waals surface area contributed by atoms with Gasteiger partial charge in [0.05, 0.1) is 6.61 Å². The second-order valence-electron chi connectivity index (χ2n) is 3.60. The molecule has 0 spiro atoms. The van der Waals surface area contributed by atoms with Crippen molar-refractivity contribution in [1.82, 2.24) is 15.5 Å². The fourth-order valence-corrected chi connectivity index (χ4v) is 1.74. The second kappa shape index (κ2) is 6.41. The highest BCUT2D eigenvalue weighted by Gasteiger charge is 2.04. The Labute approximate surface area is 119 Å². The third-order valence-electron chi connectivity index (χ3n) is 2.23. The number of aromatic nitrogens is 2. The Bertz CT molecular complexity index is 606. The number of H-pyrrole nitrogens is 1. The summed E-state index contributed by atoms with van der Waals surface area (Å²) in [6.45, 7) is 0.447. The molecule has 0 saturated heterocycles. The van der Waals surface area contributed by atoms with Gasteiger partial charge in [-0.2, -0.15) is 0 Å². The lowest BCUT2D eigenvalue weighted by Gasteiger charge is -2.09. The molecule has 19 heavy (non-hydrogen) atoms. The molecule has 0 fully saturated rings. The fourth-order valence-electron chi connectivity index (χ4n) is 1.39. The van der Waals surface area contributed by atoms with Crippen molar-refractivity contribution in [3.63, 3.8) is 0 Å². The molecule has 1 aromatic carbocycles. The van der Waals surface area contributed by atoms with E-state index >= 15 is 0 Å². The third kappa shape index (κ3) is 3.85. The highest BCUT2D eigenvalue weighted by Crippen LogP contribution is 2.19. The smallest absolute Gasteiger partial charge is 0.284 e. The van der Waals surface area contributed by atoms with E-state index in [9.17, 15) is 0 Å². The van der Waals surface area contributed by atoms with Crippen LogP contribution in [0, 0.1) is 4.84 Å². The lowest BCUT2D eigenvalue weighted by Crippen LogP contribution is -2.30. The molecule has 0 saturated carbocycles. The van der Waals surface area contributed by atoms with E-state index < -0.39 is 0 Å². The Balaban J connectivity index is 2.02. The molecule has 0 aliphatic carbocycles. The molecule has 0 aliphatic rings. The molecule has 6 nitrogen and oxygen atoms in total. The van der Waals surface area contributed by atoms with E-state index in [4.69, 9.17) is 34.0 Å². The average Bonchev–Trinajstić information content (AvgIpc) is 2.84. The van der Waals surface area contributed by atoms with Gasteiger partial charge < -0.3 is 20.2 Å². The van der Waals surface area contributed by atoms with Crippen LogP contribution in [-0.4, -0.2) is 33.6 Å². The van der Waals surface area contributed by atoms with Crippen molar-refractivity contribution in [2.45, 2.75) is 0 Å². The molecule has 1 heterocycles. The standard InChI is InChI=1S/C11H12N4O2S2/c16-6-5-12-10(18)13-8-3-1-7(2-4-8)9-14-15-11(19)17-9/h1-4,16H,5-6H2,(H,15,19)(H2,12,13,18). The van der Waals surface area contributed by atoms with Gasteiger partial charge in [0.25, 0.3) is 4.84 Å². The number of aromatic amines is 1. The zero-order valence-electron chi connectivity index (χ0n) is 9.84. The molecule has 100 valence electrons. The summed E-state index contributed by atoms with van der Waals surface area (Å²) in [6.07, 6.45) is 0. The van der Waals surface area contributed by atoms with Crippen LogP contribution in [0.4, 0.5) is 5.69 Å². The first kappa shape index (κ1) is 13.7. The van der Waals surface area contributed by atoms with Gasteiger partial charge in [0.2, 0.25) is 5.89 Å². The molecule has 2 rings (SSSR count). The summed E-state index contributed by atoms with van der Waals surface area (Å²) >= 11 is 9.86. The van der Waals surface area contributed by atoms with Gasteiger partial charge in [-0.05, 0) is 48.7 Å². The fraction of sp³-hybridized carbons (Fsp3) is 0.182. The van der Waals surface area contributed by atoms with E-state index in [1.165, 1.54) is 0 Å². The molecule has 0 bridgehead atoms. The SMILES string of the molecule is OCCNC(=S)Nc1ccc(-c2n[nH]c(=S)o2)cc1. The van der Waals surface area contributed by atoms with Crippen molar-refractivity contribution in [3.05, 3.63) is 29.1 Å². The van der Waals surface area contributed by atoms with Crippen LogP contribution in [0.1, 0.15) is 0 Å². The first-order valence-corrected chi connectivity index (χ1v) is 6.32. The van der Waals surface area contributed by atoms with Crippen LogP contribution in [0.5, 0.6) is 0 Å². The van der Waals surface area contributed by atoms with E-state index in [0.717, 1.165) is 11.3 Å². The van der Waals surface area contributed by atoms with Gasteiger partial charge in [-0.1, -0.05) is 0 Å². The molecular formula is C11H12N4O2S2. The molecule has 8 heteroatoms. The van der Waals surface area contributed by atoms with Crippen LogP contribution in [-0.2, 0) is 0 Å². The number of aliphatic hydroxyl groups excluding tert-OH is 1. The van der Waals surface area contributed by atoms with Gasteiger partial charge in [-0.3, -0.25) is 0 Å². The molecule has 4 N–H and O–H groups in total. The summed E-state index contributed by atoms with van der Waals surface area (Å²) in [5, 5.41) is 21.5. The van der Waals surface area contributed by atoms with E-state index in [2.05, 4.69) is 20.8 Å². The molecule has 0 aliphatic heterocycles. The average molecular weight is 296 g/mol. The molecule has 1 aromatic heterocycles. The van der Waals surface area contributed by atoms with Gasteiger partial charge in [0, 0.05) is 17.8 Å². The minimum Gasteiger partial charge on any atom is -0.409 e. The summed E-state index contributed by atoms with van der Waals surface area (Å²) in [6, 6.07) is 7.36. The summed E-state index contributed by atoms with van der Waals surface area (Å²) < 4.78 is 5.21. The number of aliphatic hydroxyl groups is 1. The molecule has 0 unspecified atom stereocenters. The molecule has 2 aromatic rings. The van der Waals surface area contributed by atoms with Gasteiger partial charge in [-0.25, -0.2) is 5.10 Å². The Morgan fingerprint density at radius 1 is 1.37 bits per heavy atom. The first-order valence-electron chi connectivity index (χ1n) is 5.50. The van der Waals surface area contributed by atoms with E-state index in [-0.39, 0.29) is 11.4 Å². The topological polar surface area (TPSA) is 86.1 Å². The van der Waals surface area contributed by atoms with Crippen molar-refractivity contribution >= 4 is 35.2 Å². The highest BCUT2D eigenvalue weighted by atomic mass is 32.1. The number of hydrogen-bond acceptors (Lipinski definition) is 5. The molecule has 0 amide bonds. The normalized spacial score (nSPS) is 10.2. The van der Waals surface area contributed by atoms with Crippen LogP contribution >= 0.6 is 24.4 Å². The number of rotatable bonds is 4. The minimum atomic E-state index is 0.0326. The maximum atomic E-state index is 8.67. The largest absolute Gasteiger partial charge is 0.409 e. The molecule has 0 radical (unpaired) electrons. The molecule has 0 atom stereocenters. The number of anilines is 1. The quantitative estimate of drug-likeness (QED) is 0.639. The van der Waals surface area contributed by atoms with E-state index in [1.54, 1.807) is 0 Å². The predicted molar refractivity (Wildman–Crippen MR) is 78.4 cm³/mol. The Morgan fingerprint density at radius 2 is 2.11 bits per heavy atom.